The average Bonchev–Trinajstić information content (AvgIpc) is 2.60. The zero-order valence-electron chi connectivity index (χ0n) is 13.3. The number of fused-ring (bicyclic) bond motifs is 5. The molecule has 0 saturated heterocycles. The van der Waals surface area contributed by atoms with Crippen molar-refractivity contribution in [3.8, 4) is 0 Å². The second-order valence-corrected chi connectivity index (χ2v) is 6.22. The smallest absolute Gasteiger partial charge is 0.313 e. The summed E-state index contributed by atoms with van der Waals surface area (Å²) in [6.45, 7) is 2.32. The largest absolute Gasteiger partial charge is 0.466 e. The number of carbonyl (C=O) groups excluding carboxylic acids is 1. The standard InChI is InChI=1S/C21H20O2/c1-2-23-21(22)19-9-5-7-15-11-12-17-16-8-4-3-6-14(16)10-13-18(17)20(15)19/h3-4,6,8,10-13,19H,2,5,7,9H2,1H3. The van der Waals surface area contributed by atoms with Gasteiger partial charge in [-0.3, -0.25) is 4.79 Å². The summed E-state index contributed by atoms with van der Waals surface area (Å²) in [7, 11) is 0. The number of ether oxygens (including phenoxy) is 1. The molecule has 0 spiro atoms. The molecule has 4 rings (SSSR count). The fraction of sp³-hybridized carbons (Fsp3) is 0.286. The number of hydrogen-bond donors (Lipinski definition) is 0. The first-order valence-corrected chi connectivity index (χ1v) is 8.39. The van der Waals surface area contributed by atoms with Crippen LogP contribution < -0.4 is 0 Å². The van der Waals surface area contributed by atoms with Crippen molar-refractivity contribution in [3.63, 3.8) is 0 Å². The van der Waals surface area contributed by atoms with Gasteiger partial charge in [0.15, 0.2) is 0 Å². The molecule has 2 heteroatoms. The molecule has 0 aliphatic heterocycles. The minimum Gasteiger partial charge on any atom is -0.466 e. The van der Waals surface area contributed by atoms with Gasteiger partial charge in [-0.25, -0.2) is 0 Å². The molecule has 1 atom stereocenters. The molecule has 0 radical (unpaired) electrons. The van der Waals surface area contributed by atoms with Crippen LogP contribution in [0.4, 0.5) is 0 Å². The van der Waals surface area contributed by atoms with Gasteiger partial charge < -0.3 is 4.74 Å². The van der Waals surface area contributed by atoms with Gasteiger partial charge in [0.2, 0.25) is 0 Å². The van der Waals surface area contributed by atoms with Crippen molar-refractivity contribution in [2.45, 2.75) is 32.1 Å². The van der Waals surface area contributed by atoms with Crippen LogP contribution in [-0.2, 0) is 16.0 Å². The maximum absolute atomic E-state index is 12.4. The van der Waals surface area contributed by atoms with Crippen molar-refractivity contribution in [1.29, 1.82) is 0 Å². The Morgan fingerprint density at radius 2 is 1.87 bits per heavy atom. The zero-order chi connectivity index (χ0) is 15.8. The van der Waals surface area contributed by atoms with Gasteiger partial charge in [0, 0.05) is 0 Å². The minimum atomic E-state index is -0.122. The Morgan fingerprint density at radius 3 is 2.74 bits per heavy atom. The number of aryl methyl sites for hydroxylation is 1. The molecule has 1 aliphatic carbocycles. The Morgan fingerprint density at radius 1 is 1.04 bits per heavy atom. The zero-order valence-corrected chi connectivity index (χ0v) is 13.3. The summed E-state index contributed by atoms with van der Waals surface area (Å²) in [5, 5.41) is 4.93. The lowest BCUT2D eigenvalue weighted by Crippen LogP contribution is -2.21. The Kier molecular flexibility index (Phi) is 3.53. The quantitative estimate of drug-likeness (QED) is 0.493. The van der Waals surface area contributed by atoms with Crippen molar-refractivity contribution >= 4 is 27.5 Å². The van der Waals surface area contributed by atoms with E-state index in [1.54, 1.807) is 0 Å². The third-order valence-corrected chi connectivity index (χ3v) is 4.92. The summed E-state index contributed by atoms with van der Waals surface area (Å²) < 4.78 is 5.34. The monoisotopic (exact) mass is 304 g/mol. The van der Waals surface area contributed by atoms with Crippen LogP contribution >= 0.6 is 0 Å². The maximum Gasteiger partial charge on any atom is 0.313 e. The van der Waals surface area contributed by atoms with Crippen LogP contribution in [0.3, 0.4) is 0 Å². The molecular weight excluding hydrogens is 284 g/mol. The van der Waals surface area contributed by atoms with Gasteiger partial charge in [-0.2, -0.15) is 0 Å². The molecule has 0 bridgehead atoms. The van der Waals surface area contributed by atoms with E-state index >= 15 is 0 Å². The minimum absolute atomic E-state index is 0.0749. The fourth-order valence-electron chi connectivity index (χ4n) is 3.91. The van der Waals surface area contributed by atoms with Crippen LogP contribution in [0.25, 0.3) is 21.5 Å². The molecular formula is C21H20O2. The summed E-state index contributed by atoms with van der Waals surface area (Å²) in [6, 6.07) is 17.2. The van der Waals surface area contributed by atoms with Crippen molar-refractivity contribution in [1.82, 2.24) is 0 Å². The highest BCUT2D eigenvalue weighted by Gasteiger charge is 2.29. The molecule has 2 nitrogen and oxygen atoms in total. The van der Waals surface area contributed by atoms with Crippen LogP contribution in [0.1, 0.15) is 36.8 Å². The molecule has 3 aromatic rings. The molecule has 1 unspecified atom stereocenters. The van der Waals surface area contributed by atoms with E-state index in [9.17, 15) is 4.79 Å². The van der Waals surface area contributed by atoms with Gasteiger partial charge in [-0.1, -0.05) is 48.5 Å². The van der Waals surface area contributed by atoms with E-state index < -0.39 is 0 Å². The molecule has 0 saturated carbocycles. The third-order valence-electron chi connectivity index (χ3n) is 4.92. The van der Waals surface area contributed by atoms with E-state index in [1.165, 1.54) is 32.7 Å². The Hall–Kier alpha value is -2.35. The van der Waals surface area contributed by atoms with E-state index in [-0.39, 0.29) is 11.9 Å². The van der Waals surface area contributed by atoms with Crippen LogP contribution in [-0.4, -0.2) is 12.6 Å². The number of hydrogen-bond acceptors (Lipinski definition) is 2. The molecule has 0 amide bonds. The lowest BCUT2D eigenvalue weighted by molar-refractivity contribution is -0.145. The highest BCUT2D eigenvalue weighted by atomic mass is 16.5. The SMILES string of the molecule is CCOC(=O)C1CCCc2ccc3c(ccc4ccccc43)c21. The van der Waals surface area contributed by atoms with Gasteiger partial charge >= 0.3 is 5.97 Å². The molecule has 0 fully saturated rings. The first kappa shape index (κ1) is 14.3. The van der Waals surface area contributed by atoms with Gasteiger partial charge in [-0.05, 0) is 58.9 Å². The first-order valence-electron chi connectivity index (χ1n) is 8.39. The van der Waals surface area contributed by atoms with E-state index in [1.807, 2.05) is 6.92 Å². The molecule has 0 aromatic heterocycles. The predicted molar refractivity (Wildman–Crippen MR) is 93.8 cm³/mol. The van der Waals surface area contributed by atoms with Crippen molar-refractivity contribution in [2.75, 3.05) is 6.61 Å². The van der Waals surface area contributed by atoms with Gasteiger partial charge in [0.05, 0.1) is 12.5 Å². The second kappa shape index (κ2) is 5.69. The molecule has 0 N–H and O–H groups in total. The van der Waals surface area contributed by atoms with Crippen molar-refractivity contribution in [2.24, 2.45) is 0 Å². The van der Waals surface area contributed by atoms with Gasteiger partial charge in [0.25, 0.3) is 0 Å². The normalized spacial score (nSPS) is 17.2. The fourth-order valence-corrected chi connectivity index (χ4v) is 3.91. The van der Waals surface area contributed by atoms with E-state index in [4.69, 9.17) is 4.74 Å². The summed E-state index contributed by atoms with van der Waals surface area (Å²) >= 11 is 0. The van der Waals surface area contributed by atoms with Crippen LogP contribution in [0, 0.1) is 0 Å². The second-order valence-electron chi connectivity index (χ2n) is 6.22. The molecule has 1 aliphatic rings. The third kappa shape index (κ3) is 2.29. The number of rotatable bonds is 2. The molecule has 23 heavy (non-hydrogen) atoms. The Labute approximate surface area is 136 Å². The van der Waals surface area contributed by atoms with E-state index in [0.717, 1.165) is 19.3 Å². The Bertz CT molecular complexity index is 895. The topological polar surface area (TPSA) is 26.3 Å². The highest BCUT2D eigenvalue weighted by Crippen LogP contribution is 2.39. The summed E-state index contributed by atoms with van der Waals surface area (Å²) in [5.41, 5.74) is 2.50. The van der Waals surface area contributed by atoms with Gasteiger partial charge in [-0.15, -0.1) is 0 Å². The number of carbonyl (C=O) groups is 1. The van der Waals surface area contributed by atoms with E-state index in [0.29, 0.717) is 6.61 Å². The van der Waals surface area contributed by atoms with E-state index in [2.05, 4.69) is 48.5 Å². The van der Waals surface area contributed by atoms with Crippen LogP contribution in [0.5, 0.6) is 0 Å². The number of benzene rings is 3. The summed E-state index contributed by atoms with van der Waals surface area (Å²) in [6.07, 6.45) is 2.99. The first-order chi connectivity index (χ1) is 11.3. The van der Waals surface area contributed by atoms with Crippen molar-refractivity contribution in [3.05, 3.63) is 59.7 Å². The van der Waals surface area contributed by atoms with Gasteiger partial charge in [0.1, 0.15) is 0 Å². The average molecular weight is 304 g/mol. The molecule has 116 valence electrons. The van der Waals surface area contributed by atoms with Crippen LogP contribution in [0.2, 0.25) is 0 Å². The lowest BCUT2D eigenvalue weighted by atomic mass is 9.79. The lowest BCUT2D eigenvalue weighted by Gasteiger charge is -2.26. The van der Waals surface area contributed by atoms with Crippen molar-refractivity contribution < 1.29 is 9.53 Å². The summed E-state index contributed by atoms with van der Waals surface area (Å²) in [4.78, 5) is 12.4. The summed E-state index contributed by atoms with van der Waals surface area (Å²) in [5.74, 6) is -0.197. The van der Waals surface area contributed by atoms with Crippen LogP contribution in [0.15, 0.2) is 48.5 Å². The maximum atomic E-state index is 12.4. The number of esters is 1. The Balaban J connectivity index is 1.99. The molecule has 0 heterocycles. The molecule has 3 aromatic carbocycles. The highest BCUT2D eigenvalue weighted by molar-refractivity contribution is 6.09. The predicted octanol–water partition coefficient (Wildman–Crippen LogP) is 4.98.